The molecule has 800 valence electrons. The molecule has 6 amide bonds. The minimum Gasteiger partial charge on any atom is -0.481 e. The van der Waals surface area contributed by atoms with Gasteiger partial charge in [-0.05, 0) is 124 Å². The van der Waals surface area contributed by atoms with Crippen LogP contribution in [0.3, 0.4) is 0 Å². The molecule has 3 saturated heterocycles. The number of fused-ring (bicyclic) bond motifs is 1. The number of unbranched alkanes of at least 4 members (excludes halogenated alkanes) is 15. The number of benzene rings is 3. The number of likely N-dealkylation sites (tertiary alicyclic amines) is 2. The average molecular weight is 2020 g/mol. The molecule has 6 aromatic rings. The van der Waals surface area contributed by atoms with Crippen LogP contribution < -0.4 is 26.8 Å². The Bertz CT molecular complexity index is 4840. The number of ether oxygens (including phenoxy) is 14. The summed E-state index contributed by atoms with van der Waals surface area (Å²) in [6.45, 7) is 21.5. The maximum atomic E-state index is 16.0. The van der Waals surface area contributed by atoms with Crippen molar-refractivity contribution in [2.75, 3.05) is 216 Å². The highest BCUT2D eigenvalue weighted by atomic mass is 19.1. The molecular weight excluding hydrogens is 1870 g/mol. The number of hydrogen-bond donors (Lipinski definition) is 7. The van der Waals surface area contributed by atoms with Crippen molar-refractivity contribution < 1.29 is 124 Å². The molecule has 0 unspecified atom stereocenters. The van der Waals surface area contributed by atoms with Gasteiger partial charge in [-0.1, -0.05) is 146 Å². The maximum absolute atomic E-state index is 16.0. The summed E-state index contributed by atoms with van der Waals surface area (Å²) in [6, 6.07) is 19.6. The number of aromatic amines is 1. The molecule has 38 heteroatoms. The molecule has 0 radical (unpaired) electrons. The number of amides is 6. The normalized spacial score (nSPS) is 14.6. The van der Waals surface area contributed by atoms with Gasteiger partial charge in [-0.3, -0.25) is 48.6 Å². The predicted molar refractivity (Wildman–Crippen MR) is 537 cm³/mol. The van der Waals surface area contributed by atoms with Crippen molar-refractivity contribution in [1.82, 2.24) is 50.2 Å². The van der Waals surface area contributed by atoms with Crippen molar-refractivity contribution in [3.05, 3.63) is 135 Å². The number of rotatable bonds is 79. The number of pyridine rings is 1. The lowest BCUT2D eigenvalue weighted by atomic mass is 9.76. The molecule has 0 bridgehead atoms. The number of esters is 1. The molecule has 0 saturated carbocycles. The van der Waals surface area contributed by atoms with Crippen LogP contribution in [0.15, 0.2) is 90.1 Å². The number of aromatic nitrogens is 4. The first-order chi connectivity index (χ1) is 70.0. The second-order valence-electron chi connectivity index (χ2n) is 37.2. The molecular formula is C106H157F2N11O25. The number of carbonyl (C=O) groups is 8. The lowest BCUT2D eigenvalue weighted by Crippen LogP contribution is -2.49. The number of nitrogens with zero attached hydrogens (tertiary/aromatic N) is 6. The summed E-state index contributed by atoms with van der Waals surface area (Å²) in [5.41, 5.74) is 2.17. The molecule has 36 nitrogen and oxygen atoms in total. The number of imide groups is 1. The summed E-state index contributed by atoms with van der Waals surface area (Å²) in [4.78, 5) is 132. The Balaban J connectivity index is 0.515. The van der Waals surface area contributed by atoms with E-state index in [1.807, 2.05) is 12.1 Å². The van der Waals surface area contributed by atoms with E-state index in [9.17, 15) is 48.3 Å². The zero-order valence-electron chi connectivity index (χ0n) is 85.1. The van der Waals surface area contributed by atoms with Gasteiger partial charge in [0.1, 0.15) is 41.2 Å². The molecule has 7 N–H and O–H groups in total. The fourth-order valence-corrected chi connectivity index (χ4v) is 17.4. The molecule has 3 aliphatic heterocycles. The molecule has 6 heterocycles. The van der Waals surface area contributed by atoms with Crippen LogP contribution in [-0.4, -0.2) is 315 Å². The average Bonchev–Trinajstić information content (AvgIpc) is 1.58. The van der Waals surface area contributed by atoms with Crippen LogP contribution in [0.1, 0.15) is 220 Å². The molecule has 3 aromatic carbocycles. The van der Waals surface area contributed by atoms with E-state index in [-0.39, 0.29) is 106 Å². The topological polar surface area (TPSA) is 428 Å². The van der Waals surface area contributed by atoms with E-state index in [1.54, 1.807) is 37.6 Å². The third-order valence-corrected chi connectivity index (χ3v) is 25.8. The molecule has 0 aliphatic carbocycles. The third kappa shape index (κ3) is 44.1. The van der Waals surface area contributed by atoms with Gasteiger partial charge in [0, 0.05) is 112 Å². The van der Waals surface area contributed by atoms with Crippen molar-refractivity contribution in [3.8, 4) is 22.5 Å². The van der Waals surface area contributed by atoms with Gasteiger partial charge in [0.25, 0.3) is 11.5 Å². The van der Waals surface area contributed by atoms with E-state index < -0.39 is 70.9 Å². The number of carboxylic acids is 2. The number of anilines is 1. The van der Waals surface area contributed by atoms with Crippen LogP contribution in [0.2, 0.25) is 0 Å². The number of hydrogen-bond acceptors (Lipinski definition) is 27. The van der Waals surface area contributed by atoms with Crippen LogP contribution in [-0.2, 0) is 120 Å². The largest absolute Gasteiger partial charge is 0.481 e. The number of urea groups is 1. The van der Waals surface area contributed by atoms with E-state index in [1.165, 1.54) is 61.5 Å². The number of carbonyl (C=O) groups excluding carboxylic acids is 6. The summed E-state index contributed by atoms with van der Waals surface area (Å²) in [7, 11) is 0. The molecule has 144 heavy (non-hydrogen) atoms. The third-order valence-electron chi connectivity index (χ3n) is 25.8. The van der Waals surface area contributed by atoms with Crippen LogP contribution in [0, 0.1) is 24.0 Å². The fraction of sp³-hybridized carbons (Fsp3) is 0.651. The lowest BCUT2D eigenvalue weighted by Gasteiger charge is -2.37. The Morgan fingerprint density at radius 3 is 1.56 bits per heavy atom. The first-order valence-electron chi connectivity index (χ1n) is 51.9. The SMILES string of the molecule is CCCCCCCCCCC[C@@](CCCCCCCCCCC(=O)O)(C(=O)O)C(=O)NCCOCCOCCOCCOCCOCCOCCOCCOCCOCCOCCOCCOCCC(=O)NCC(=O)OC(C)(C)c1ccc(C(=O)Nc2cc(F)cc(-c3ncnc4[nH]c(-c5ccc(CN6CCC(OC7CCN(CCn8cccc(CN9CCC(=O)NC9=O)c8=O)CC7)CC6)cc5)cc34)c2C)c(F)c1. The first kappa shape index (κ1) is 118. The number of halogens is 2. The highest BCUT2D eigenvalue weighted by Crippen LogP contribution is 2.38. The number of piperidine rings is 2. The minimum absolute atomic E-state index is 0.0332. The number of H-pyrrole nitrogens is 1. The van der Waals surface area contributed by atoms with Gasteiger partial charge in [0.05, 0.1) is 189 Å². The van der Waals surface area contributed by atoms with Crippen molar-refractivity contribution in [3.63, 3.8) is 0 Å². The van der Waals surface area contributed by atoms with Gasteiger partial charge in [-0.15, -0.1) is 0 Å². The van der Waals surface area contributed by atoms with Crippen molar-refractivity contribution in [2.45, 2.75) is 232 Å². The predicted octanol–water partition coefficient (Wildman–Crippen LogP) is 13.5. The van der Waals surface area contributed by atoms with Gasteiger partial charge < -0.3 is 112 Å². The Kier molecular flexibility index (Phi) is 55.6. The van der Waals surface area contributed by atoms with Crippen LogP contribution in [0.4, 0.5) is 19.3 Å². The van der Waals surface area contributed by atoms with Gasteiger partial charge in [0.15, 0.2) is 0 Å². The molecule has 9 rings (SSSR count). The highest BCUT2D eigenvalue weighted by Gasteiger charge is 2.45. The molecule has 3 aliphatic rings. The fourth-order valence-electron chi connectivity index (χ4n) is 17.4. The Labute approximate surface area is 845 Å². The van der Waals surface area contributed by atoms with Crippen LogP contribution in [0.25, 0.3) is 33.5 Å². The standard InChI is InChI=1S/C106H157F2N11O25/c1-5-6-7-8-9-11-14-17-20-37-106(103(128)129,38-21-18-15-12-10-13-16-19-24-96(122)123)102(127)109-39-49-132-51-53-134-55-57-136-59-61-138-63-65-140-67-69-142-71-70-141-68-66-139-64-62-137-60-58-135-56-54-133-52-50-131-48-36-94(120)110-76-97(124)144-105(3,4)84-29-30-88(91(108)72-84)100(125)114-92-74-85(107)73-89(80(92)2)98-90-75-93(113-99(90)112-79-111-98)82-27-25-81(26-28-82)77-117-43-33-87(34-44-117)143-86-31-41-116(42-32-86)46-47-118-40-22-23-83(101(118)126)78-119-45-35-95(121)115-104(119)130/h22-23,25-30,40,72-75,79,86-87H,5-21,24,31-39,41-71,76-78H2,1-4H3,(H,109,127)(H,110,120)(H,114,125)(H,122,123)(H,128,129)(H,111,112,113)(H,115,121,130)/t106-/m0/s1. The first-order valence-corrected chi connectivity index (χ1v) is 51.9. The summed E-state index contributed by atoms with van der Waals surface area (Å²) in [6.07, 6.45) is 25.2. The number of nitrogens with one attached hydrogen (secondary N) is 5. The van der Waals surface area contributed by atoms with Crippen molar-refractivity contribution in [2.24, 2.45) is 5.41 Å². The number of aliphatic carboxylic acids is 2. The summed E-state index contributed by atoms with van der Waals surface area (Å²) < 4.78 is 112. The quantitative estimate of drug-likeness (QED) is 0.0106. The number of carboxylic acid groups (broad SMARTS) is 2. The van der Waals surface area contributed by atoms with E-state index in [4.69, 9.17) is 71.4 Å². The molecule has 1 atom stereocenters. The van der Waals surface area contributed by atoms with Crippen molar-refractivity contribution >= 4 is 64.3 Å². The van der Waals surface area contributed by atoms with Gasteiger partial charge >= 0.3 is 23.9 Å². The maximum Gasteiger partial charge on any atom is 0.326 e. The van der Waals surface area contributed by atoms with Gasteiger partial charge in [-0.25, -0.2) is 23.5 Å². The van der Waals surface area contributed by atoms with E-state index >= 15 is 8.78 Å². The van der Waals surface area contributed by atoms with Gasteiger partial charge in [0.2, 0.25) is 17.7 Å². The van der Waals surface area contributed by atoms with Gasteiger partial charge in [-0.2, -0.15) is 0 Å². The molecule has 3 aromatic heterocycles. The van der Waals surface area contributed by atoms with Crippen LogP contribution in [0.5, 0.6) is 0 Å². The molecule has 3 fully saturated rings. The van der Waals surface area contributed by atoms with E-state index in [2.05, 4.69) is 77.2 Å². The Morgan fingerprint density at radius 1 is 0.535 bits per heavy atom. The Hall–Kier alpha value is -9.75. The minimum atomic E-state index is -1.47. The summed E-state index contributed by atoms with van der Waals surface area (Å²) in [5.74, 6) is -6.24. The monoisotopic (exact) mass is 2020 g/mol. The highest BCUT2D eigenvalue weighted by molar-refractivity contribution is 6.06. The Morgan fingerprint density at radius 2 is 1.04 bits per heavy atom. The van der Waals surface area contributed by atoms with Crippen molar-refractivity contribution in [1.29, 1.82) is 0 Å². The second kappa shape index (κ2) is 67.9. The summed E-state index contributed by atoms with van der Waals surface area (Å²) in [5, 5.41) is 30.3. The van der Waals surface area contributed by atoms with E-state index in [0.717, 1.165) is 152 Å². The second-order valence-corrected chi connectivity index (χ2v) is 37.2. The van der Waals surface area contributed by atoms with Crippen LogP contribution >= 0.6 is 0 Å². The zero-order chi connectivity index (χ0) is 103. The van der Waals surface area contributed by atoms with E-state index in [0.29, 0.717) is 204 Å². The lowest BCUT2D eigenvalue weighted by molar-refractivity contribution is -0.158. The smallest absolute Gasteiger partial charge is 0.326 e. The summed E-state index contributed by atoms with van der Waals surface area (Å²) >= 11 is 0. The molecule has 0 spiro atoms. The zero-order valence-corrected chi connectivity index (χ0v) is 85.1.